The molecule has 3 rings (SSSR count). The molecule has 0 saturated heterocycles. The fraction of sp³-hybridized carbons (Fsp3) is 0.346. The molecule has 0 saturated carbocycles. The summed E-state index contributed by atoms with van der Waals surface area (Å²) in [5.41, 5.74) is 10.0. The maximum atomic E-state index is 12.3. The van der Waals surface area contributed by atoms with Crippen LogP contribution in [0.4, 0.5) is 0 Å². The quantitative estimate of drug-likeness (QED) is 0.377. The molecule has 174 valence electrons. The second-order valence-electron chi connectivity index (χ2n) is 8.54. The predicted octanol–water partition coefficient (Wildman–Crippen LogP) is 3.39. The Labute approximate surface area is 194 Å². The van der Waals surface area contributed by atoms with Gasteiger partial charge in [-0.15, -0.1) is 0 Å². The molecule has 0 spiro atoms. The molecule has 1 atom stereocenters. The second-order valence-corrected chi connectivity index (χ2v) is 8.54. The third-order valence-corrected chi connectivity index (χ3v) is 5.65. The van der Waals surface area contributed by atoms with Crippen LogP contribution >= 0.6 is 0 Å². The first kappa shape index (κ1) is 24.0. The summed E-state index contributed by atoms with van der Waals surface area (Å²) >= 11 is 0. The van der Waals surface area contributed by atoms with Gasteiger partial charge in [-0.2, -0.15) is 0 Å². The number of hydrogen-bond donors (Lipinski definition) is 4. The first-order valence-electron chi connectivity index (χ1n) is 11.3. The molecule has 1 heterocycles. The van der Waals surface area contributed by atoms with Crippen molar-refractivity contribution in [3.63, 3.8) is 0 Å². The molecule has 1 aromatic heterocycles. The Morgan fingerprint density at radius 3 is 2.36 bits per heavy atom. The molecule has 3 aromatic rings. The summed E-state index contributed by atoms with van der Waals surface area (Å²) in [5, 5.41) is 3.92. The van der Waals surface area contributed by atoms with Crippen LogP contribution in [0.3, 0.4) is 0 Å². The van der Waals surface area contributed by atoms with Crippen molar-refractivity contribution in [2.24, 2.45) is 0 Å². The Balaban J connectivity index is 1.37. The van der Waals surface area contributed by atoms with Crippen molar-refractivity contribution in [1.29, 1.82) is 0 Å². The van der Waals surface area contributed by atoms with E-state index in [0.717, 1.165) is 40.6 Å². The summed E-state index contributed by atoms with van der Waals surface area (Å²) in [7, 11) is 0. The summed E-state index contributed by atoms with van der Waals surface area (Å²) < 4.78 is 0. The number of rotatable bonds is 9. The first-order chi connectivity index (χ1) is 15.8. The molecular formula is C26H32N4O3. The van der Waals surface area contributed by atoms with Crippen molar-refractivity contribution in [1.82, 2.24) is 21.2 Å². The molecule has 0 aliphatic heterocycles. The topological polar surface area (TPSA) is 103 Å². The average Bonchev–Trinajstić information content (AvgIpc) is 3.10. The minimum Gasteiger partial charge on any atom is -0.358 e. The van der Waals surface area contributed by atoms with E-state index in [9.17, 15) is 14.4 Å². The van der Waals surface area contributed by atoms with E-state index in [4.69, 9.17) is 0 Å². The van der Waals surface area contributed by atoms with Gasteiger partial charge >= 0.3 is 0 Å². The number of amides is 3. The summed E-state index contributed by atoms with van der Waals surface area (Å²) in [4.78, 5) is 39.8. The molecule has 0 aliphatic carbocycles. The van der Waals surface area contributed by atoms with Crippen LogP contribution in [0.1, 0.15) is 48.6 Å². The van der Waals surface area contributed by atoms with Gasteiger partial charge in [0, 0.05) is 35.5 Å². The van der Waals surface area contributed by atoms with Crippen LogP contribution in [0, 0.1) is 13.8 Å². The van der Waals surface area contributed by atoms with Crippen LogP contribution in [0.2, 0.25) is 0 Å². The van der Waals surface area contributed by atoms with Crippen molar-refractivity contribution >= 4 is 28.6 Å². The van der Waals surface area contributed by atoms with Crippen molar-refractivity contribution in [3.8, 4) is 0 Å². The lowest BCUT2D eigenvalue weighted by atomic mass is 10.1. The number of benzene rings is 2. The number of hydrogen-bond acceptors (Lipinski definition) is 3. The van der Waals surface area contributed by atoms with Gasteiger partial charge in [0.1, 0.15) is 0 Å². The average molecular weight is 449 g/mol. The van der Waals surface area contributed by atoms with E-state index in [1.54, 1.807) is 0 Å². The van der Waals surface area contributed by atoms with E-state index < -0.39 is 5.91 Å². The normalized spacial score (nSPS) is 11.7. The predicted molar refractivity (Wildman–Crippen MR) is 129 cm³/mol. The molecule has 7 nitrogen and oxygen atoms in total. The molecule has 33 heavy (non-hydrogen) atoms. The third kappa shape index (κ3) is 7.20. The van der Waals surface area contributed by atoms with Gasteiger partial charge in [-0.3, -0.25) is 25.2 Å². The summed E-state index contributed by atoms with van der Waals surface area (Å²) in [6.45, 7) is 5.89. The fourth-order valence-electron chi connectivity index (χ4n) is 3.80. The summed E-state index contributed by atoms with van der Waals surface area (Å²) in [5.74, 6) is -0.892. The Bertz CT molecular complexity index is 1120. The standard InChI is InChI=1S/C26H32N4O3/c1-17-9-12-23-22(15-17)21(19(3)28-23)16-26(33)30-29-25(32)14-13-24(31)27-18(2)10-11-20-7-5-4-6-8-20/h4-9,12,15,18,28H,10-11,13-14,16H2,1-3H3,(H,27,31)(H,29,32)(H,30,33)/t18-/m0/s1. The highest BCUT2D eigenvalue weighted by Crippen LogP contribution is 2.23. The molecule has 2 aromatic carbocycles. The number of aryl methyl sites for hydroxylation is 3. The van der Waals surface area contributed by atoms with Crippen molar-refractivity contribution < 1.29 is 14.4 Å². The molecule has 4 N–H and O–H groups in total. The molecule has 0 bridgehead atoms. The largest absolute Gasteiger partial charge is 0.358 e. The van der Waals surface area contributed by atoms with Gasteiger partial charge in [0.05, 0.1) is 6.42 Å². The monoisotopic (exact) mass is 448 g/mol. The highest BCUT2D eigenvalue weighted by Gasteiger charge is 2.14. The maximum absolute atomic E-state index is 12.3. The Kier molecular flexibility index (Phi) is 8.24. The van der Waals surface area contributed by atoms with E-state index in [1.807, 2.05) is 57.2 Å². The smallest absolute Gasteiger partial charge is 0.242 e. The maximum Gasteiger partial charge on any atom is 0.242 e. The highest BCUT2D eigenvalue weighted by atomic mass is 16.2. The number of aromatic amines is 1. The zero-order valence-corrected chi connectivity index (χ0v) is 19.5. The Morgan fingerprint density at radius 1 is 0.909 bits per heavy atom. The van der Waals surface area contributed by atoms with E-state index in [0.29, 0.717) is 0 Å². The lowest BCUT2D eigenvalue weighted by molar-refractivity contribution is -0.130. The molecule has 3 amide bonds. The van der Waals surface area contributed by atoms with Crippen molar-refractivity contribution in [2.75, 3.05) is 0 Å². The van der Waals surface area contributed by atoms with Crippen LogP contribution in [0.25, 0.3) is 10.9 Å². The lowest BCUT2D eigenvalue weighted by Gasteiger charge is -2.14. The number of fused-ring (bicyclic) bond motifs is 1. The highest BCUT2D eigenvalue weighted by molar-refractivity contribution is 5.91. The zero-order valence-electron chi connectivity index (χ0n) is 19.5. The van der Waals surface area contributed by atoms with E-state index in [1.165, 1.54) is 5.56 Å². The van der Waals surface area contributed by atoms with Gasteiger partial charge in [0.15, 0.2) is 0 Å². The summed E-state index contributed by atoms with van der Waals surface area (Å²) in [6.07, 6.45) is 1.92. The zero-order chi connectivity index (χ0) is 23.8. The molecule has 0 unspecified atom stereocenters. The van der Waals surface area contributed by atoms with Crippen LogP contribution in [0.15, 0.2) is 48.5 Å². The third-order valence-electron chi connectivity index (χ3n) is 5.65. The molecular weight excluding hydrogens is 416 g/mol. The van der Waals surface area contributed by atoms with E-state index >= 15 is 0 Å². The van der Waals surface area contributed by atoms with Crippen LogP contribution in [-0.2, 0) is 27.2 Å². The van der Waals surface area contributed by atoms with Crippen LogP contribution in [-0.4, -0.2) is 28.7 Å². The van der Waals surface area contributed by atoms with Gasteiger partial charge in [-0.1, -0.05) is 42.0 Å². The number of aromatic nitrogens is 1. The van der Waals surface area contributed by atoms with Crippen LogP contribution < -0.4 is 16.2 Å². The first-order valence-corrected chi connectivity index (χ1v) is 11.3. The van der Waals surface area contributed by atoms with Gasteiger partial charge < -0.3 is 10.3 Å². The Morgan fingerprint density at radius 2 is 1.61 bits per heavy atom. The Hall–Kier alpha value is -3.61. The van der Waals surface area contributed by atoms with E-state index in [-0.39, 0.29) is 37.1 Å². The second kappa shape index (κ2) is 11.3. The van der Waals surface area contributed by atoms with Gasteiger partial charge in [-0.25, -0.2) is 0 Å². The SMILES string of the molecule is Cc1ccc2[nH]c(C)c(CC(=O)NNC(=O)CCC(=O)N[C@@H](C)CCc3ccccc3)c2c1. The number of hydrazine groups is 1. The lowest BCUT2D eigenvalue weighted by Crippen LogP contribution is -2.43. The molecule has 0 fully saturated rings. The van der Waals surface area contributed by atoms with Crippen molar-refractivity contribution in [3.05, 3.63) is 70.9 Å². The minimum atomic E-state index is -0.401. The van der Waals surface area contributed by atoms with Gasteiger partial charge in [0.2, 0.25) is 17.7 Å². The molecule has 0 aliphatic rings. The van der Waals surface area contributed by atoms with Crippen LogP contribution in [0.5, 0.6) is 0 Å². The van der Waals surface area contributed by atoms with E-state index in [2.05, 4.69) is 33.3 Å². The van der Waals surface area contributed by atoms with Gasteiger partial charge in [-0.05, 0) is 56.9 Å². The number of carbonyl (C=O) groups is 3. The molecule has 0 radical (unpaired) electrons. The number of H-pyrrole nitrogens is 1. The fourth-order valence-corrected chi connectivity index (χ4v) is 3.80. The van der Waals surface area contributed by atoms with Gasteiger partial charge in [0.25, 0.3) is 0 Å². The minimum absolute atomic E-state index is 0.00280. The summed E-state index contributed by atoms with van der Waals surface area (Å²) in [6, 6.07) is 16.2. The molecule has 7 heteroatoms. The number of carbonyl (C=O) groups excluding carboxylic acids is 3. The number of nitrogens with one attached hydrogen (secondary N) is 4. The van der Waals surface area contributed by atoms with Crippen molar-refractivity contribution in [2.45, 2.75) is 58.9 Å².